The molecule has 0 fully saturated rings. The lowest BCUT2D eigenvalue weighted by Crippen LogP contribution is -2.73. The van der Waals surface area contributed by atoms with Gasteiger partial charge in [0.2, 0.25) is 0 Å². The Balaban J connectivity index is 6.23. The van der Waals surface area contributed by atoms with Crippen LogP contribution in [-0.2, 0) is 0 Å². The third-order valence-corrected chi connectivity index (χ3v) is 6.77. The first-order chi connectivity index (χ1) is 14.9. The molecule has 0 aliphatic rings. The van der Waals surface area contributed by atoms with Gasteiger partial charge >= 0.3 is 41.7 Å². The maximum absolute atomic E-state index is 14.5. The summed E-state index contributed by atoms with van der Waals surface area (Å²) in [6.07, 6.45) is -6.28. The molecule has 0 aromatic heterocycles. The number of hydrogen-bond donors (Lipinski definition) is 0. The zero-order valence-electron chi connectivity index (χ0n) is 17.7. The van der Waals surface area contributed by atoms with E-state index in [0.29, 0.717) is 12.8 Å². The summed E-state index contributed by atoms with van der Waals surface area (Å²) >= 11 is 1.16. The molecule has 0 aliphatic carbocycles. The predicted molar refractivity (Wildman–Crippen MR) is 101 cm³/mol. The maximum Gasteiger partial charge on any atom is 0.460 e. The molecule has 0 bridgehead atoms. The van der Waals surface area contributed by atoms with Crippen LogP contribution in [0.3, 0.4) is 0 Å². The Hall–Kier alpha value is -0.320. The van der Waals surface area contributed by atoms with Crippen LogP contribution in [-0.4, -0.2) is 45.6 Å². The minimum atomic E-state index is -8.23. The third-order valence-electron chi connectivity index (χ3n) is 5.28. The highest BCUT2D eigenvalue weighted by molar-refractivity contribution is 14.1. The zero-order valence-corrected chi connectivity index (χ0v) is 19.8. The van der Waals surface area contributed by atoms with Crippen LogP contribution in [0.5, 0.6) is 0 Å². The van der Waals surface area contributed by atoms with Gasteiger partial charge in [0.15, 0.2) is 0 Å². The second kappa shape index (κ2) is 11.0. The van der Waals surface area contributed by atoms with Crippen LogP contribution in [0, 0.1) is 5.92 Å². The Morgan fingerprint density at radius 3 is 1.29 bits per heavy atom. The molecule has 34 heavy (non-hydrogen) atoms. The first kappa shape index (κ1) is 33.7. The topological polar surface area (TPSA) is 0 Å². The number of rotatable bonds is 14. The van der Waals surface area contributed by atoms with Gasteiger partial charge in [-0.1, -0.05) is 68.5 Å². The van der Waals surface area contributed by atoms with E-state index < -0.39 is 58.0 Å². The van der Waals surface area contributed by atoms with Crippen LogP contribution < -0.4 is 0 Å². The van der Waals surface area contributed by atoms with Crippen molar-refractivity contribution < 1.29 is 65.9 Å². The Labute approximate surface area is 199 Å². The largest absolute Gasteiger partial charge is 0.460 e. The second-order valence-corrected chi connectivity index (χ2v) is 9.33. The molecule has 0 aromatic carbocycles. The van der Waals surface area contributed by atoms with Gasteiger partial charge in [0.1, 0.15) is 0 Å². The summed E-state index contributed by atoms with van der Waals surface area (Å²) in [4.78, 5) is 0. The molecule has 0 amide bonds. The lowest BCUT2D eigenvalue weighted by molar-refractivity contribution is -0.454. The number of hydrogen-bond acceptors (Lipinski definition) is 0. The first-order valence-corrected chi connectivity index (χ1v) is 11.2. The van der Waals surface area contributed by atoms with Gasteiger partial charge in [-0.05, 0) is 12.8 Å². The molecule has 2 atom stereocenters. The van der Waals surface area contributed by atoms with E-state index >= 15 is 0 Å². The van der Waals surface area contributed by atoms with E-state index in [1.165, 1.54) is 0 Å². The molecule has 0 aliphatic heterocycles. The van der Waals surface area contributed by atoms with Crippen LogP contribution >= 0.6 is 22.6 Å². The summed E-state index contributed by atoms with van der Waals surface area (Å²) in [5, 5.41) is 0. The molecule has 0 N–H and O–H groups in total. The van der Waals surface area contributed by atoms with E-state index in [-0.39, 0.29) is 12.8 Å². The summed E-state index contributed by atoms with van der Waals surface area (Å²) in [6, 6.07) is 0. The van der Waals surface area contributed by atoms with Crippen LogP contribution in [0.4, 0.5) is 65.9 Å². The average molecular weight is 650 g/mol. The smallest absolute Gasteiger partial charge is 0.199 e. The van der Waals surface area contributed by atoms with Crippen molar-refractivity contribution in [3.63, 3.8) is 0 Å². The van der Waals surface area contributed by atoms with Crippen LogP contribution in [0.1, 0.15) is 58.8 Å². The molecule has 0 nitrogen and oxygen atoms in total. The van der Waals surface area contributed by atoms with Crippen molar-refractivity contribution in [2.75, 3.05) is 0 Å². The summed E-state index contributed by atoms with van der Waals surface area (Å²) in [7, 11) is 0. The zero-order chi connectivity index (χ0) is 27.6. The van der Waals surface area contributed by atoms with Gasteiger partial charge in [0.05, 0.1) is 0 Å². The molecular weight excluding hydrogens is 628 g/mol. The van der Waals surface area contributed by atoms with Crippen LogP contribution in [0.15, 0.2) is 0 Å². The molecule has 0 heterocycles. The predicted octanol–water partition coefficient (Wildman–Crippen LogP) is 9.55. The van der Waals surface area contributed by atoms with Gasteiger partial charge in [0, 0.05) is 9.84 Å². The van der Waals surface area contributed by atoms with E-state index in [0.717, 1.165) is 42.4 Å². The average Bonchev–Trinajstić information content (AvgIpc) is 2.66. The quantitative estimate of drug-likeness (QED) is 0.0761. The van der Waals surface area contributed by atoms with Crippen molar-refractivity contribution in [3.8, 4) is 0 Å². The molecule has 206 valence electrons. The van der Waals surface area contributed by atoms with Crippen LogP contribution in [0.25, 0.3) is 0 Å². The monoisotopic (exact) mass is 650 g/mol. The number of unbranched alkanes of at least 4 members (excludes halogenated alkanes) is 4. The van der Waals surface area contributed by atoms with Crippen LogP contribution in [0.2, 0.25) is 0 Å². The minimum absolute atomic E-state index is 0.133. The second-order valence-electron chi connectivity index (χ2n) is 7.73. The van der Waals surface area contributed by atoms with Gasteiger partial charge in [0.25, 0.3) is 0 Å². The van der Waals surface area contributed by atoms with E-state index in [4.69, 9.17) is 0 Å². The fraction of sp³-hybridized carbons (Fsp3) is 1.00. The SMILES string of the molecule is CCCCCCCC(I)C(CC)C(F)(F)C(F)(F)C(F)(F)C(F)(F)C(F)(F)C(F)(F)C(F)(F)F. The molecule has 16 heteroatoms. The van der Waals surface area contributed by atoms with Crippen molar-refractivity contribution >= 4 is 22.6 Å². The van der Waals surface area contributed by atoms with Crippen molar-refractivity contribution in [2.45, 2.75) is 104 Å². The fourth-order valence-electron chi connectivity index (χ4n) is 3.10. The Bertz CT molecular complexity index is 642. The van der Waals surface area contributed by atoms with Gasteiger partial charge in [-0.25, -0.2) is 0 Å². The first-order valence-electron chi connectivity index (χ1n) is 9.91. The minimum Gasteiger partial charge on any atom is -0.199 e. The third kappa shape index (κ3) is 5.65. The highest BCUT2D eigenvalue weighted by Gasteiger charge is 2.93. The summed E-state index contributed by atoms with van der Waals surface area (Å²) < 4.78 is 199. The number of halogens is 16. The lowest BCUT2D eigenvalue weighted by Gasteiger charge is -2.43. The van der Waals surface area contributed by atoms with Crippen molar-refractivity contribution in [1.82, 2.24) is 0 Å². The Morgan fingerprint density at radius 2 is 0.912 bits per heavy atom. The summed E-state index contributed by atoms with van der Waals surface area (Å²) in [5.74, 6) is -48.8. The van der Waals surface area contributed by atoms with Gasteiger partial charge in [-0.15, -0.1) is 0 Å². The van der Waals surface area contributed by atoms with Gasteiger partial charge in [-0.2, -0.15) is 65.9 Å². The molecule has 0 rings (SSSR count). The molecule has 0 saturated carbocycles. The summed E-state index contributed by atoms with van der Waals surface area (Å²) in [5.41, 5.74) is 0. The summed E-state index contributed by atoms with van der Waals surface area (Å²) in [6.45, 7) is 2.61. The molecule has 2 unspecified atom stereocenters. The number of alkyl halides is 16. The van der Waals surface area contributed by atoms with Gasteiger partial charge in [-0.3, -0.25) is 0 Å². The molecule has 0 spiro atoms. The van der Waals surface area contributed by atoms with Crippen molar-refractivity contribution in [2.24, 2.45) is 5.92 Å². The van der Waals surface area contributed by atoms with E-state index in [1.807, 2.05) is 6.92 Å². The van der Waals surface area contributed by atoms with Crippen molar-refractivity contribution in [1.29, 1.82) is 0 Å². The Morgan fingerprint density at radius 1 is 0.529 bits per heavy atom. The molecule has 0 radical (unpaired) electrons. The lowest BCUT2D eigenvalue weighted by atomic mass is 9.82. The molecular formula is C18H22F15I. The molecule has 0 aromatic rings. The van der Waals surface area contributed by atoms with E-state index in [1.54, 1.807) is 0 Å². The maximum atomic E-state index is 14.5. The van der Waals surface area contributed by atoms with E-state index in [9.17, 15) is 65.9 Å². The normalized spacial score (nSPS) is 17.1. The van der Waals surface area contributed by atoms with Gasteiger partial charge < -0.3 is 0 Å². The van der Waals surface area contributed by atoms with E-state index in [2.05, 4.69) is 0 Å². The standard InChI is InChI=1S/C18H22F15I/c1-3-5-6-7-8-9-11(34)10(4-2)12(19,20)13(21,22)14(23,24)15(25,26)16(27,28)17(29,30)18(31,32)33/h10-11H,3-9H2,1-2H3. The Kier molecular flexibility index (Phi) is 10.9. The molecule has 0 saturated heterocycles. The fourth-order valence-corrected chi connectivity index (χ4v) is 4.50. The van der Waals surface area contributed by atoms with Crippen molar-refractivity contribution in [3.05, 3.63) is 0 Å². The highest BCUT2D eigenvalue weighted by atomic mass is 127. The highest BCUT2D eigenvalue weighted by Crippen LogP contribution is 2.63.